The van der Waals surface area contributed by atoms with Crippen LogP contribution in [0.1, 0.15) is 30.4 Å². The maximum absolute atomic E-state index is 2.47. The Bertz CT molecular complexity index is 2700. The summed E-state index contributed by atoms with van der Waals surface area (Å²) < 4.78 is 0. The quantitative estimate of drug-likeness (QED) is 0.171. The first-order valence-corrected chi connectivity index (χ1v) is 18.3. The van der Waals surface area contributed by atoms with Crippen LogP contribution < -0.4 is 0 Å². The van der Waals surface area contributed by atoms with Gasteiger partial charge in [0.1, 0.15) is 0 Å². The zero-order chi connectivity index (χ0) is 31.8. The van der Waals surface area contributed by atoms with E-state index in [1.165, 1.54) is 92.0 Å². The highest BCUT2D eigenvalue weighted by molar-refractivity contribution is 7.67. The molecule has 0 fully saturated rings. The smallest absolute Gasteiger partial charge is 0.00687 e. The lowest BCUT2D eigenvalue weighted by Crippen LogP contribution is -2.00. The van der Waals surface area contributed by atoms with Gasteiger partial charge >= 0.3 is 0 Å². The maximum Gasteiger partial charge on any atom is 0.00687 e. The lowest BCUT2D eigenvalue weighted by molar-refractivity contribution is 0.773. The van der Waals surface area contributed by atoms with Gasteiger partial charge in [-0.3, -0.25) is 0 Å². The van der Waals surface area contributed by atoms with Gasteiger partial charge in [0.25, 0.3) is 0 Å². The van der Waals surface area contributed by atoms with Crippen molar-refractivity contribution in [1.82, 2.24) is 0 Å². The van der Waals surface area contributed by atoms with Crippen LogP contribution in [0.2, 0.25) is 0 Å². The molecule has 9 aromatic rings. The van der Waals surface area contributed by atoms with Crippen molar-refractivity contribution in [2.45, 2.75) is 19.3 Å². The van der Waals surface area contributed by atoms with Gasteiger partial charge < -0.3 is 0 Å². The second-order valence-electron chi connectivity index (χ2n) is 13.3. The van der Waals surface area contributed by atoms with E-state index in [4.69, 9.17) is 0 Å². The number of rotatable bonds is 3. The molecule has 10 rings (SSSR count). The molecule has 226 valence electrons. The number of fused-ring (bicyclic) bond motifs is 8. The molecule has 1 heteroatoms. The Hall–Kier alpha value is -5.42. The summed E-state index contributed by atoms with van der Waals surface area (Å²) in [5, 5.41) is 14.9. The van der Waals surface area contributed by atoms with Crippen LogP contribution in [0.25, 0.3) is 87.0 Å². The van der Waals surface area contributed by atoms with Crippen molar-refractivity contribution in [2.24, 2.45) is 0 Å². The Morgan fingerprint density at radius 1 is 0.479 bits per heavy atom. The summed E-state index contributed by atoms with van der Waals surface area (Å²) in [4.78, 5) is 0. The molecule has 1 heterocycles. The summed E-state index contributed by atoms with van der Waals surface area (Å²) in [7, 11) is -0.583. The third-order valence-electron chi connectivity index (χ3n) is 10.6. The molecule has 0 amide bonds. The van der Waals surface area contributed by atoms with Crippen LogP contribution in [0.5, 0.6) is 0 Å². The minimum Gasteiger partial charge on any atom is -0.0833 e. The standard InChI is InChI=1S/C47H33P/c1-30-12-11-20-37-35(30)25-22-31-28-32(23-26-36(31)37)46-39-16-5-7-18-41(39)47(42-19-8-6-17-40(42)46)33-24-27-45-43(29-33)38-15-9-10-21-44(38)48(45)34-13-3-2-4-14-34/h2-11,13-30H,12H2,1H3. The predicted molar refractivity (Wildman–Crippen MR) is 211 cm³/mol. The SMILES string of the molecule is CC1CC=Cc2c1ccc1cc(-c3c4ccccc4c(-c4ccc5c(c4)c4ccccc4p5-c4ccccc4)c4ccccc34)ccc21. The Kier molecular flexibility index (Phi) is 6.23. The van der Waals surface area contributed by atoms with Gasteiger partial charge in [-0.05, 0) is 112 Å². The number of hydrogen-bond donors (Lipinski definition) is 0. The fourth-order valence-corrected chi connectivity index (χ4v) is 11.0. The Morgan fingerprint density at radius 3 is 1.77 bits per heavy atom. The molecule has 48 heavy (non-hydrogen) atoms. The lowest BCUT2D eigenvalue weighted by atomic mass is 9.83. The molecular weight excluding hydrogens is 595 g/mol. The number of allylic oxidation sites excluding steroid dienone is 1. The van der Waals surface area contributed by atoms with E-state index in [1.54, 1.807) is 0 Å². The van der Waals surface area contributed by atoms with Crippen molar-refractivity contribution in [3.63, 3.8) is 0 Å². The molecule has 0 N–H and O–H groups in total. The van der Waals surface area contributed by atoms with Gasteiger partial charge in [-0.15, -0.1) is 0 Å². The molecule has 0 aliphatic heterocycles. The molecular formula is C47H33P. The second kappa shape index (κ2) is 10.8. The highest BCUT2D eigenvalue weighted by Crippen LogP contribution is 2.56. The van der Waals surface area contributed by atoms with Crippen molar-refractivity contribution in [2.75, 3.05) is 0 Å². The van der Waals surface area contributed by atoms with E-state index in [0.717, 1.165) is 6.42 Å². The molecule has 1 aromatic heterocycles. The molecule has 0 saturated heterocycles. The summed E-state index contributed by atoms with van der Waals surface area (Å²) in [6.45, 7) is 2.34. The molecule has 8 aromatic carbocycles. The van der Waals surface area contributed by atoms with Crippen LogP contribution in [-0.4, -0.2) is 0 Å². The largest absolute Gasteiger partial charge is 0.0833 e. The van der Waals surface area contributed by atoms with Gasteiger partial charge in [-0.25, -0.2) is 0 Å². The van der Waals surface area contributed by atoms with E-state index in [9.17, 15) is 0 Å². The normalized spacial score (nSPS) is 14.8. The summed E-state index contributed by atoms with van der Waals surface area (Å²) in [5.74, 6) is 0.563. The monoisotopic (exact) mass is 628 g/mol. The number of hydrogen-bond acceptors (Lipinski definition) is 0. The lowest BCUT2D eigenvalue weighted by Gasteiger charge is -2.21. The summed E-state index contributed by atoms with van der Waals surface area (Å²) >= 11 is 0. The molecule has 0 radical (unpaired) electrons. The van der Waals surface area contributed by atoms with Gasteiger partial charge in [0.2, 0.25) is 0 Å². The fraction of sp³-hybridized carbons (Fsp3) is 0.0638. The van der Waals surface area contributed by atoms with Crippen molar-refractivity contribution in [3.05, 3.63) is 169 Å². The third-order valence-corrected chi connectivity index (χ3v) is 13.2. The van der Waals surface area contributed by atoms with Crippen LogP contribution in [0.15, 0.2) is 158 Å². The van der Waals surface area contributed by atoms with Crippen molar-refractivity contribution in [1.29, 1.82) is 0 Å². The molecule has 2 atom stereocenters. The van der Waals surface area contributed by atoms with E-state index in [1.807, 2.05) is 0 Å². The molecule has 1 aliphatic rings. The molecule has 0 spiro atoms. The molecule has 0 nitrogen and oxygen atoms in total. The third kappa shape index (κ3) is 4.10. The number of benzene rings is 8. The Morgan fingerprint density at radius 2 is 1.06 bits per heavy atom. The van der Waals surface area contributed by atoms with Crippen LogP contribution in [-0.2, 0) is 0 Å². The molecule has 0 bridgehead atoms. The van der Waals surface area contributed by atoms with Crippen molar-refractivity contribution < 1.29 is 0 Å². The van der Waals surface area contributed by atoms with E-state index < -0.39 is 7.53 Å². The van der Waals surface area contributed by atoms with E-state index >= 15 is 0 Å². The highest BCUT2D eigenvalue weighted by atomic mass is 31.1. The predicted octanol–water partition coefficient (Wildman–Crippen LogP) is 14.3. The molecule has 2 unspecified atom stereocenters. The maximum atomic E-state index is 2.47. The minimum atomic E-state index is -0.583. The van der Waals surface area contributed by atoms with Crippen molar-refractivity contribution in [3.8, 4) is 27.6 Å². The van der Waals surface area contributed by atoms with Gasteiger partial charge in [-0.1, -0.05) is 160 Å². The summed E-state index contributed by atoms with van der Waals surface area (Å²) in [6, 6.07) is 57.2. The van der Waals surface area contributed by atoms with Crippen LogP contribution in [0.4, 0.5) is 0 Å². The molecule has 0 saturated carbocycles. The first kappa shape index (κ1) is 27.7. The Labute approximate surface area is 281 Å². The van der Waals surface area contributed by atoms with Crippen LogP contribution >= 0.6 is 7.53 Å². The Balaban J connectivity index is 1.23. The average Bonchev–Trinajstić information content (AvgIpc) is 3.47. The van der Waals surface area contributed by atoms with Gasteiger partial charge in [-0.2, -0.15) is 0 Å². The first-order valence-electron chi connectivity index (χ1n) is 17.0. The average molecular weight is 629 g/mol. The van der Waals surface area contributed by atoms with Crippen LogP contribution in [0, 0.1) is 0 Å². The topological polar surface area (TPSA) is 0 Å². The van der Waals surface area contributed by atoms with E-state index in [0.29, 0.717) is 5.92 Å². The van der Waals surface area contributed by atoms with E-state index in [2.05, 4.69) is 171 Å². The zero-order valence-electron chi connectivity index (χ0n) is 26.8. The minimum absolute atomic E-state index is 0.563. The highest BCUT2D eigenvalue weighted by Gasteiger charge is 2.20. The van der Waals surface area contributed by atoms with Crippen molar-refractivity contribution >= 4 is 66.9 Å². The second-order valence-corrected chi connectivity index (χ2v) is 15.5. The van der Waals surface area contributed by atoms with Gasteiger partial charge in [0, 0.05) is 10.2 Å². The van der Waals surface area contributed by atoms with Crippen LogP contribution in [0.3, 0.4) is 0 Å². The van der Waals surface area contributed by atoms with Gasteiger partial charge in [0.05, 0.1) is 0 Å². The first-order chi connectivity index (χ1) is 23.7. The van der Waals surface area contributed by atoms with Gasteiger partial charge in [0.15, 0.2) is 0 Å². The molecule has 1 aliphatic carbocycles. The zero-order valence-corrected chi connectivity index (χ0v) is 27.7. The summed E-state index contributed by atoms with van der Waals surface area (Å²) in [6.07, 6.45) is 5.78. The fourth-order valence-electron chi connectivity index (χ4n) is 8.39. The van der Waals surface area contributed by atoms with E-state index in [-0.39, 0.29) is 0 Å². The summed E-state index contributed by atoms with van der Waals surface area (Å²) in [5.41, 5.74) is 8.02.